The van der Waals surface area contributed by atoms with Crippen molar-refractivity contribution in [2.45, 2.75) is 12.5 Å². The number of rotatable bonds is 3. The Morgan fingerprint density at radius 2 is 2.00 bits per heavy atom. The van der Waals surface area contributed by atoms with Crippen LogP contribution >= 0.6 is 0 Å². The molecule has 0 saturated heterocycles. The smallest absolute Gasteiger partial charge is 0.166 e. The van der Waals surface area contributed by atoms with Crippen LogP contribution in [0, 0.1) is 0 Å². The number of fused-ring (bicyclic) bond motifs is 1. The number of ether oxygens (including phenoxy) is 2. The molecule has 0 aliphatic carbocycles. The standard InChI is InChI=1S/C15H16N2O2/c16-13(10-11-4-1-2-7-17-11)12-5-3-6-14-15(12)19-9-8-18-14/h1-7,13H,8-10,16H2. The molecule has 0 spiro atoms. The molecule has 0 saturated carbocycles. The summed E-state index contributed by atoms with van der Waals surface area (Å²) in [6.45, 7) is 1.16. The maximum Gasteiger partial charge on any atom is 0.166 e. The fourth-order valence-corrected chi connectivity index (χ4v) is 2.24. The molecule has 1 aliphatic heterocycles. The van der Waals surface area contributed by atoms with Crippen molar-refractivity contribution < 1.29 is 9.47 Å². The van der Waals surface area contributed by atoms with Gasteiger partial charge in [-0.05, 0) is 18.2 Å². The lowest BCUT2D eigenvalue weighted by atomic mass is 10.0. The van der Waals surface area contributed by atoms with Crippen molar-refractivity contribution in [3.8, 4) is 11.5 Å². The first-order chi connectivity index (χ1) is 9.34. The van der Waals surface area contributed by atoms with E-state index in [0.29, 0.717) is 19.6 Å². The van der Waals surface area contributed by atoms with E-state index in [9.17, 15) is 0 Å². The van der Waals surface area contributed by atoms with Gasteiger partial charge < -0.3 is 15.2 Å². The van der Waals surface area contributed by atoms with Crippen LogP contribution in [-0.4, -0.2) is 18.2 Å². The lowest BCUT2D eigenvalue weighted by Gasteiger charge is -2.23. The molecule has 4 nitrogen and oxygen atoms in total. The Labute approximate surface area is 112 Å². The first-order valence-electron chi connectivity index (χ1n) is 6.38. The summed E-state index contributed by atoms with van der Waals surface area (Å²) >= 11 is 0. The predicted octanol–water partition coefficient (Wildman–Crippen LogP) is 2.10. The topological polar surface area (TPSA) is 57.4 Å². The number of hydrogen-bond donors (Lipinski definition) is 1. The van der Waals surface area contributed by atoms with Crippen molar-refractivity contribution in [3.63, 3.8) is 0 Å². The number of hydrogen-bond acceptors (Lipinski definition) is 4. The van der Waals surface area contributed by atoms with Crippen LogP contribution in [0.5, 0.6) is 11.5 Å². The van der Waals surface area contributed by atoms with E-state index in [1.807, 2.05) is 36.4 Å². The summed E-state index contributed by atoms with van der Waals surface area (Å²) in [5.74, 6) is 1.55. The van der Waals surface area contributed by atoms with Gasteiger partial charge >= 0.3 is 0 Å². The summed E-state index contributed by atoms with van der Waals surface area (Å²) < 4.78 is 11.3. The first-order valence-corrected chi connectivity index (χ1v) is 6.38. The van der Waals surface area contributed by atoms with E-state index in [4.69, 9.17) is 15.2 Å². The zero-order chi connectivity index (χ0) is 13.1. The Morgan fingerprint density at radius 1 is 1.11 bits per heavy atom. The zero-order valence-electron chi connectivity index (χ0n) is 10.6. The van der Waals surface area contributed by atoms with E-state index in [2.05, 4.69) is 4.98 Å². The first kappa shape index (κ1) is 12.0. The van der Waals surface area contributed by atoms with Crippen LogP contribution in [0.4, 0.5) is 0 Å². The Bertz CT molecular complexity index is 557. The molecule has 1 aliphatic rings. The third-order valence-corrected chi connectivity index (χ3v) is 3.15. The zero-order valence-corrected chi connectivity index (χ0v) is 10.6. The second-order valence-electron chi connectivity index (χ2n) is 4.50. The summed E-state index contributed by atoms with van der Waals surface area (Å²) in [5.41, 5.74) is 8.23. The van der Waals surface area contributed by atoms with Gasteiger partial charge in [-0.25, -0.2) is 0 Å². The van der Waals surface area contributed by atoms with E-state index in [1.165, 1.54) is 0 Å². The predicted molar refractivity (Wildman–Crippen MR) is 72.3 cm³/mol. The molecule has 98 valence electrons. The minimum Gasteiger partial charge on any atom is -0.486 e. The molecule has 4 heteroatoms. The van der Waals surface area contributed by atoms with Crippen LogP contribution in [0.3, 0.4) is 0 Å². The van der Waals surface area contributed by atoms with Crippen molar-refractivity contribution in [2.24, 2.45) is 5.73 Å². The lowest BCUT2D eigenvalue weighted by Crippen LogP contribution is -2.20. The molecule has 1 aromatic carbocycles. The Balaban J connectivity index is 1.86. The van der Waals surface area contributed by atoms with Crippen LogP contribution in [0.25, 0.3) is 0 Å². The number of pyridine rings is 1. The SMILES string of the molecule is NC(Cc1ccccn1)c1cccc2c1OCCO2. The van der Waals surface area contributed by atoms with Crippen molar-refractivity contribution >= 4 is 0 Å². The monoisotopic (exact) mass is 256 g/mol. The molecule has 1 atom stereocenters. The van der Waals surface area contributed by atoms with Gasteiger partial charge in [-0.1, -0.05) is 18.2 Å². The highest BCUT2D eigenvalue weighted by atomic mass is 16.6. The Kier molecular flexibility index (Phi) is 3.33. The normalized spacial score (nSPS) is 15.0. The Morgan fingerprint density at radius 3 is 2.84 bits per heavy atom. The fourth-order valence-electron chi connectivity index (χ4n) is 2.24. The summed E-state index contributed by atoms with van der Waals surface area (Å²) in [6, 6.07) is 11.5. The van der Waals surface area contributed by atoms with E-state index >= 15 is 0 Å². The van der Waals surface area contributed by atoms with Crippen LogP contribution < -0.4 is 15.2 Å². The number of benzene rings is 1. The van der Waals surface area contributed by atoms with Crippen molar-refractivity contribution in [1.29, 1.82) is 0 Å². The van der Waals surface area contributed by atoms with Gasteiger partial charge in [0.05, 0.1) is 0 Å². The molecular formula is C15H16N2O2. The summed E-state index contributed by atoms with van der Waals surface area (Å²) in [7, 11) is 0. The maximum absolute atomic E-state index is 6.28. The van der Waals surface area contributed by atoms with E-state index < -0.39 is 0 Å². The highest BCUT2D eigenvalue weighted by molar-refractivity contribution is 5.49. The maximum atomic E-state index is 6.28. The van der Waals surface area contributed by atoms with Crippen LogP contribution in [-0.2, 0) is 6.42 Å². The molecule has 19 heavy (non-hydrogen) atoms. The molecule has 3 rings (SSSR count). The van der Waals surface area contributed by atoms with E-state index in [1.54, 1.807) is 6.20 Å². The van der Waals surface area contributed by atoms with Gasteiger partial charge in [0.1, 0.15) is 13.2 Å². The highest BCUT2D eigenvalue weighted by Gasteiger charge is 2.20. The average Bonchev–Trinajstić information content (AvgIpc) is 2.47. The summed E-state index contributed by atoms with van der Waals surface area (Å²) in [4.78, 5) is 4.30. The van der Waals surface area contributed by atoms with Crippen molar-refractivity contribution in [1.82, 2.24) is 4.98 Å². The Hall–Kier alpha value is -2.07. The largest absolute Gasteiger partial charge is 0.486 e. The second-order valence-corrected chi connectivity index (χ2v) is 4.50. The van der Waals surface area contributed by atoms with Crippen LogP contribution in [0.15, 0.2) is 42.6 Å². The number of nitrogens with zero attached hydrogens (tertiary/aromatic N) is 1. The van der Waals surface area contributed by atoms with Crippen molar-refractivity contribution in [3.05, 3.63) is 53.9 Å². The quantitative estimate of drug-likeness (QED) is 0.913. The molecule has 1 unspecified atom stereocenters. The summed E-state index contributed by atoms with van der Waals surface area (Å²) in [6.07, 6.45) is 2.46. The second kappa shape index (κ2) is 5.28. The van der Waals surface area contributed by atoms with Gasteiger partial charge in [-0.3, -0.25) is 4.98 Å². The molecule has 0 bridgehead atoms. The van der Waals surface area contributed by atoms with Crippen LogP contribution in [0.2, 0.25) is 0 Å². The van der Waals surface area contributed by atoms with Gasteiger partial charge in [0.15, 0.2) is 11.5 Å². The number of aromatic nitrogens is 1. The van der Waals surface area contributed by atoms with Gasteiger partial charge in [-0.15, -0.1) is 0 Å². The molecule has 2 aromatic rings. The molecule has 2 N–H and O–H groups in total. The van der Waals surface area contributed by atoms with E-state index in [0.717, 1.165) is 22.8 Å². The van der Waals surface area contributed by atoms with Gasteiger partial charge in [0.25, 0.3) is 0 Å². The minimum atomic E-state index is -0.147. The lowest BCUT2D eigenvalue weighted by molar-refractivity contribution is 0.169. The molecule has 0 amide bonds. The fraction of sp³-hybridized carbons (Fsp3) is 0.267. The van der Waals surface area contributed by atoms with E-state index in [-0.39, 0.29) is 6.04 Å². The summed E-state index contributed by atoms with van der Waals surface area (Å²) in [5, 5.41) is 0. The number of nitrogens with two attached hydrogens (primary N) is 1. The third kappa shape index (κ3) is 2.53. The molecule has 0 radical (unpaired) electrons. The van der Waals surface area contributed by atoms with Gasteiger partial charge in [-0.2, -0.15) is 0 Å². The average molecular weight is 256 g/mol. The van der Waals surface area contributed by atoms with Crippen molar-refractivity contribution in [2.75, 3.05) is 13.2 Å². The minimum absolute atomic E-state index is 0.147. The molecular weight excluding hydrogens is 240 g/mol. The molecule has 1 aromatic heterocycles. The molecule has 0 fully saturated rings. The number of para-hydroxylation sites is 1. The third-order valence-electron chi connectivity index (χ3n) is 3.15. The molecule has 2 heterocycles. The van der Waals surface area contributed by atoms with Gasteiger partial charge in [0, 0.05) is 29.9 Å². The van der Waals surface area contributed by atoms with Crippen LogP contribution in [0.1, 0.15) is 17.3 Å². The highest BCUT2D eigenvalue weighted by Crippen LogP contribution is 2.36. The van der Waals surface area contributed by atoms with Gasteiger partial charge in [0.2, 0.25) is 0 Å².